The first-order chi connectivity index (χ1) is 6.10. The minimum absolute atomic E-state index is 0.0263. The van der Waals surface area contributed by atoms with Gasteiger partial charge in [0.1, 0.15) is 0 Å². The zero-order valence-corrected chi connectivity index (χ0v) is 9.89. The Bertz CT molecular complexity index is 153. The van der Waals surface area contributed by atoms with Crippen molar-refractivity contribution in [1.82, 2.24) is 0 Å². The number of hydrogen-bond acceptors (Lipinski definition) is 5. The number of rotatable bonds is 7. The minimum atomic E-state index is -2.56. The Balaban J connectivity index is 3.88. The van der Waals surface area contributed by atoms with Crippen molar-refractivity contribution in [3.05, 3.63) is 0 Å². The van der Waals surface area contributed by atoms with Gasteiger partial charge in [-0.25, -0.2) is 0 Å². The van der Waals surface area contributed by atoms with E-state index >= 15 is 0 Å². The van der Waals surface area contributed by atoms with Gasteiger partial charge < -0.3 is 17.8 Å². The van der Waals surface area contributed by atoms with E-state index in [1.807, 2.05) is 6.92 Å². The summed E-state index contributed by atoms with van der Waals surface area (Å²) < 4.78 is 35.9. The van der Waals surface area contributed by atoms with Crippen LogP contribution in [-0.4, -0.2) is 44.1 Å². The molecule has 0 aromatic heterocycles. The Morgan fingerprint density at radius 1 is 1.38 bits per heavy atom. The lowest BCUT2D eigenvalue weighted by Crippen LogP contribution is -2.43. The van der Waals surface area contributed by atoms with Crippen LogP contribution >= 0.6 is 0 Å². The van der Waals surface area contributed by atoms with Gasteiger partial charge in [-0.05, 0) is 0 Å². The van der Waals surface area contributed by atoms with Gasteiger partial charge in [-0.2, -0.15) is 0 Å². The van der Waals surface area contributed by atoms with Crippen LogP contribution in [-0.2, 0) is 24.4 Å². The molecule has 1 unspecified atom stereocenters. The van der Waals surface area contributed by atoms with E-state index in [0.29, 0.717) is 6.04 Å². The summed E-state index contributed by atoms with van der Waals surface area (Å²) in [5.74, 6) is -0.0263. The van der Waals surface area contributed by atoms with Crippen molar-refractivity contribution in [2.24, 2.45) is 0 Å². The van der Waals surface area contributed by atoms with Gasteiger partial charge in [-0.15, -0.1) is 0 Å². The van der Waals surface area contributed by atoms with Crippen molar-refractivity contribution in [3.8, 4) is 0 Å². The second-order valence-electron chi connectivity index (χ2n) is 2.30. The molecule has 0 fully saturated rings. The Morgan fingerprint density at radius 3 is 2.23 bits per heavy atom. The first-order valence-electron chi connectivity index (χ1n) is 3.90. The molecule has 7 heteroatoms. The van der Waals surface area contributed by atoms with E-state index in [-0.39, 0.29) is 12.4 Å². The van der Waals surface area contributed by atoms with E-state index in [1.54, 1.807) is 0 Å². The van der Waals surface area contributed by atoms with Crippen molar-refractivity contribution in [2.75, 3.05) is 26.6 Å². The van der Waals surface area contributed by atoms with Crippen LogP contribution in [0.4, 0.5) is 0 Å². The van der Waals surface area contributed by atoms with Crippen molar-refractivity contribution in [3.63, 3.8) is 0 Å². The molecule has 0 rings (SSSR count). The summed E-state index contributed by atoms with van der Waals surface area (Å²) in [7, 11) is 0.457. The van der Waals surface area contributed by atoms with Crippen LogP contribution in [0.25, 0.3) is 0 Å². The van der Waals surface area contributed by atoms with Crippen LogP contribution in [0.15, 0.2) is 0 Å². The first-order valence-corrected chi connectivity index (χ1v) is 7.08. The van der Waals surface area contributed by atoms with E-state index in [9.17, 15) is 8.76 Å². The van der Waals surface area contributed by atoms with Crippen LogP contribution in [0.1, 0.15) is 6.92 Å². The topological polar surface area (TPSA) is 67.8 Å². The van der Waals surface area contributed by atoms with Gasteiger partial charge in [-0.3, -0.25) is 4.21 Å². The van der Waals surface area contributed by atoms with Crippen molar-refractivity contribution in [2.45, 2.75) is 13.0 Å². The lowest BCUT2D eigenvalue weighted by molar-refractivity contribution is 0.106. The molecule has 0 aliphatic heterocycles. The van der Waals surface area contributed by atoms with Gasteiger partial charge >= 0.3 is 8.80 Å². The summed E-state index contributed by atoms with van der Waals surface area (Å²) in [6, 6.07) is 0.630. The molecule has 0 radical (unpaired) electrons. The van der Waals surface area contributed by atoms with Gasteiger partial charge in [0.2, 0.25) is 0 Å². The molecule has 13 heavy (non-hydrogen) atoms. The third-order valence-electron chi connectivity index (χ3n) is 1.63. The lowest BCUT2D eigenvalue weighted by Gasteiger charge is -2.25. The molecule has 0 N–H and O–H groups in total. The van der Waals surface area contributed by atoms with Gasteiger partial charge in [-0.1, -0.05) is 18.0 Å². The molecule has 0 amide bonds. The predicted molar refractivity (Wildman–Crippen MR) is 50.0 cm³/mol. The van der Waals surface area contributed by atoms with E-state index in [4.69, 9.17) is 13.3 Å². The average Bonchev–Trinajstić information content (AvgIpc) is 2.13. The Morgan fingerprint density at radius 2 is 1.92 bits per heavy atom. The summed E-state index contributed by atoms with van der Waals surface area (Å²) in [5.41, 5.74) is 0. The average molecular weight is 227 g/mol. The fraction of sp³-hybridized carbons (Fsp3) is 1.00. The highest BCUT2D eigenvalue weighted by atomic mass is 32.2. The maximum Gasteiger partial charge on any atom is 0.500 e. The Kier molecular flexibility index (Phi) is 6.74. The standard InChI is InChI=1S/C6H16O5SSi/c1-4-13(9-2,10-3)11-5-6-12(7)8/h4-6H2,1-3H3,(H,7,8)/p-1. The highest BCUT2D eigenvalue weighted by molar-refractivity contribution is 7.79. The fourth-order valence-corrected chi connectivity index (χ4v) is 2.82. The van der Waals surface area contributed by atoms with Crippen molar-refractivity contribution >= 4 is 19.9 Å². The number of hydrogen-bond donors (Lipinski definition) is 0. The zero-order valence-electron chi connectivity index (χ0n) is 8.07. The molecule has 0 saturated carbocycles. The molecule has 0 aliphatic rings. The van der Waals surface area contributed by atoms with Crippen molar-refractivity contribution in [1.29, 1.82) is 0 Å². The highest BCUT2D eigenvalue weighted by Gasteiger charge is 2.36. The Labute approximate surface area is 82.0 Å². The summed E-state index contributed by atoms with van der Waals surface area (Å²) in [4.78, 5) is 0. The monoisotopic (exact) mass is 227 g/mol. The van der Waals surface area contributed by atoms with Gasteiger partial charge in [0.15, 0.2) is 0 Å². The van der Waals surface area contributed by atoms with Crippen LogP contribution in [0.3, 0.4) is 0 Å². The molecule has 0 aliphatic carbocycles. The van der Waals surface area contributed by atoms with E-state index < -0.39 is 19.9 Å². The van der Waals surface area contributed by atoms with E-state index in [1.165, 1.54) is 14.2 Å². The smallest absolute Gasteiger partial charge is 0.500 e. The lowest BCUT2D eigenvalue weighted by atomic mass is 10.9. The third-order valence-corrected chi connectivity index (χ3v) is 4.88. The maximum absolute atomic E-state index is 10.2. The molecule has 0 heterocycles. The van der Waals surface area contributed by atoms with Crippen LogP contribution in [0.2, 0.25) is 6.04 Å². The SMILES string of the molecule is CC[Si](OC)(OC)OCCS(=O)[O-]. The molecule has 0 spiro atoms. The van der Waals surface area contributed by atoms with Crippen LogP contribution < -0.4 is 0 Å². The van der Waals surface area contributed by atoms with Gasteiger partial charge in [0.05, 0.1) is 0 Å². The predicted octanol–water partition coefficient (Wildman–Crippen LogP) is 0.134. The maximum atomic E-state index is 10.2. The summed E-state index contributed by atoms with van der Waals surface area (Å²) in [5, 5.41) is 0. The molecular weight excluding hydrogens is 212 g/mol. The minimum Gasteiger partial charge on any atom is -0.772 e. The molecule has 0 aromatic carbocycles. The molecule has 5 nitrogen and oxygen atoms in total. The summed E-state index contributed by atoms with van der Waals surface area (Å²) in [6.45, 7) is 2.01. The third kappa shape index (κ3) is 4.84. The van der Waals surface area contributed by atoms with Crippen LogP contribution in [0.5, 0.6) is 0 Å². The first kappa shape index (κ1) is 13.2. The van der Waals surface area contributed by atoms with Gasteiger partial charge in [0, 0.05) is 32.6 Å². The molecule has 0 saturated heterocycles. The summed E-state index contributed by atoms with van der Waals surface area (Å²) >= 11 is -2.07. The van der Waals surface area contributed by atoms with E-state index in [2.05, 4.69) is 0 Å². The van der Waals surface area contributed by atoms with Crippen LogP contribution in [0, 0.1) is 0 Å². The molecular formula is C6H15O5SSi-. The largest absolute Gasteiger partial charge is 0.772 e. The van der Waals surface area contributed by atoms with Crippen molar-refractivity contribution < 1.29 is 22.0 Å². The Hall–Kier alpha value is 0.207. The van der Waals surface area contributed by atoms with Gasteiger partial charge in [0.25, 0.3) is 0 Å². The second kappa shape index (κ2) is 6.63. The normalized spacial score (nSPS) is 14.5. The fourth-order valence-electron chi connectivity index (χ4n) is 0.857. The van der Waals surface area contributed by atoms with E-state index in [0.717, 1.165) is 0 Å². The molecule has 0 bridgehead atoms. The zero-order chi connectivity index (χ0) is 10.3. The quantitative estimate of drug-likeness (QED) is 0.457. The highest BCUT2D eigenvalue weighted by Crippen LogP contribution is 2.12. The second-order valence-corrected chi connectivity index (χ2v) is 6.50. The molecule has 0 aromatic rings. The molecule has 1 atom stereocenters. The molecule has 80 valence electrons. The summed E-state index contributed by atoms with van der Waals surface area (Å²) in [6.07, 6.45) is 0.